The summed E-state index contributed by atoms with van der Waals surface area (Å²) in [4.78, 5) is 12.6. The number of unbranched alkanes of at least 4 members (excludes halogenated alkanes) is 5. The van der Waals surface area contributed by atoms with E-state index in [1.165, 1.54) is 51.4 Å². The van der Waals surface area contributed by atoms with Gasteiger partial charge in [0.25, 0.3) is 0 Å². The molecule has 0 amide bonds. The summed E-state index contributed by atoms with van der Waals surface area (Å²) in [5.41, 5.74) is -0.179. The molecular weight excluding hydrogens is 346 g/mol. The number of hydrogen-bond acceptors (Lipinski definition) is 3. The van der Waals surface area contributed by atoms with Crippen LogP contribution in [-0.2, 0) is 9.53 Å². The first-order valence-corrected chi connectivity index (χ1v) is 12.2. The first kappa shape index (κ1) is 23.2. The number of carbonyl (C=O) groups is 1. The number of hydrogen-bond donors (Lipinski definition) is 0. The maximum Gasteiger partial charge on any atom is 0.309 e. The lowest BCUT2D eigenvalue weighted by Gasteiger charge is -2.35. The van der Waals surface area contributed by atoms with Crippen molar-refractivity contribution < 1.29 is 9.53 Å². The number of esters is 1. The monoisotopic (exact) mass is 389 g/mol. The molecule has 0 aromatic carbocycles. The molecule has 0 heterocycles. The zero-order valence-corrected chi connectivity index (χ0v) is 18.5. The van der Waals surface area contributed by atoms with Gasteiger partial charge in [-0.3, -0.25) is 4.79 Å². The zero-order valence-electron chi connectivity index (χ0n) is 18.5. The average Bonchev–Trinajstić information content (AvgIpc) is 2.73. The Labute approximate surface area is 173 Å². The quantitative estimate of drug-likeness (QED) is 0.274. The Morgan fingerprint density at radius 2 is 1.57 bits per heavy atom. The number of rotatable bonds is 11. The molecule has 2 aliphatic carbocycles. The van der Waals surface area contributed by atoms with Crippen molar-refractivity contribution >= 4 is 5.97 Å². The van der Waals surface area contributed by atoms with Gasteiger partial charge in [-0.15, -0.1) is 0 Å². The normalized spacial score (nSPS) is 30.5. The van der Waals surface area contributed by atoms with Gasteiger partial charge in [0.05, 0.1) is 17.4 Å². The molecule has 3 nitrogen and oxygen atoms in total. The van der Waals surface area contributed by atoms with Crippen molar-refractivity contribution in [1.29, 1.82) is 5.26 Å². The second kappa shape index (κ2) is 12.5. The van der Waals surface area contributed by atoms with Crippen molar-refractivity contribution in [3.63, 3.8) is 0 Å². The van der Waals surface area contributed by atoms with Gasteiger partial charge in [0.1, 0.15) is 6.10 Å². The van der Waals surface area contributed by atoms with Crippen LogP contribution in [0.5, 0.6) is 0 Å². The maximum atomic E-state index is 12.6. The Morgan fingerprint density at radius 3 is 2.18 bits per heavy atom. The maximum absolute atomic E-state index is 12.6. The van der Waals surface area contributed by atoms with E-state index in [-0.39, 0.29) is 23.4 Å². The molecule has 0 atom stereocenters. The molecule has 0 unspecified atom stereocenters. The van der Waals surface area contributed by atoms with Gasteiger partial charge in [0.15, 0.2) is 0 Å². The summed E-state index contributed by atoms with van der Waals surface area (Å²) >= 11 is 0. The predicted molar refractivity (Wildman–Crippen MR) is 115 cm³/mol. The molecule has 160 valence electrons. The third kappa shape index (κ3) is 7.41. The van der Waals surface area contributed by atoms with Gasteiger partial charge in [-0.05, 0) is 63.7 Å². The van der Waals surface area contributed by atoms with E-state index in [2.05, 4.69) is 19.9 Å². The van der Waals surface area contributed by atoms with Crippen LogP contribution in [0.25, 0.3) is 0 Å². The largest absolute Gasteiger partial charge is 0.462 e. The summed E-state index contributed by atoms with van der Waals surface area (Å²) < 4.78 is 5.90. The second-order valence-electron chi connectivity index (χ2n) is 9.55. The van der Waals surface area contributed by atoms with Gasteiger partial charge in [-0.25, -0.2) is 0 Å². The van der Waals surface area contributed by atoms with E-state index >= 15 is 0 Å². The molecule has 3 heteroatoms. The second-order valence-corrected chi connectivity index (χ2v) is 9.55. The SMILES string of the molecule is CCCCCCC[C@H]1CC[C@H](OC(=O)[C@H]2CC[C@](C#N)(CCCC)CC2)CC1. The molecule has 0 saturated heterocycles. The smallest absolute Gasteiger partial charge is 0.309 e. The fraction of sp³-hybridized carbons (Fsp3) is 0.920. The highest BCUT2D eigenvalue weighted by atomic mass is 16.5. The van der Waals surface area contributed by atoms with Crippen molar-refractivity contribution in [2.24, 2.45) is 17.3 Å². The Balaban J connectivity index is 1.63. The lowest BCUT2D eigenvalue weighted by atomic mass is 9.69. The van der Waals surface area contributed by atoms with Crippen molar-refractivity contribution in [1.82, 2.24) is 0 Å². The highest BCUT2D eigenvalue weighted by molar-refractivity contribution is 5.72. The standard InChI is InChI=1S/C25H43NO2/c1-3-5-7-8-9-10-21-11-13-23(14-12-21)28-24(27)22-15-18-25(20-26,19-16-22)17-6-4-2/h21-23H,3-19H2,1-2H3/t21-,22-,23-,25+. The summed E-state index contributed by atoms with van der Waals surface area (Å²) in [5.74, 6) is 0.894. The van der Waals surface area contributed by atoms with E-state index in [1.54, 1.807) is 0 Å². The van der Waals surface area contributed by atoms with Gasteiger partial charge in [0.2, 0.25) is 0 Å². The molecular formula is C25H43NO2. The van der Waals surface area contributed by atoms with Crippen LogP contribution in [0.2, 0.25) is 0 Å². The number of carbonyl (C=O) groups excluding carboxylic acids is 1. The Kier molecular flexibility index (Phi) is 10.4. The average molecular weight is 390 g/mol. The third-order valence-electron chi connectivity index (χ3n) is 7.31. The van der Waals surface area contributed by atoms with Crippen LogP contribution in [0.15, 0.2) is 0 Å². The van der Waals surface area contributed by atoms with Gasteiger partial charge in [0, 0.05) is 0 Å². The molecule has 2 saturated carbocycles. The Bertz CT molecular complexity index is 479. The van der Waals surface area contributed by atoms with Crippen LogP contribution >= 0.6 is 0 Å². The van der Waals surface area contributed by atoms with Crippen molar-refractivity contribution in [2.75, 3.05) is 0 Å². The fourth-order valence-corrected chi connectivity index (χ4v) is 5.17. The van der Waals surface area contributed by atoms with Crippen molar-refractivity contribution in [2.45, 2.75) is 129 Å². The summed E-state index contributed by atoms with van der Waals surface area (Å²) in [6.07, 6.45) is 19.5. The molecule has 0 spiro atoms. The molecule has 2 rings (SSSR count). The number of nitrogens with zero attached hydrogens (tertiary/aromatic N) is 1. The fourth-order valence-electron chi connectivity index (χ4n) is 5.17. The minimum atomic E-state index is -0.179. The summed E-state index contributed by atoms with van der Waals surface area (Å²) in [5, 5.41) is 9.62. The summed E-state index contributed by atoms with van der Waals surface area (Å²) in [7, 11) is 0. The molecule has 28 heavy (non-hydrogen) atoms. The minimum Gasteiger partial charge on any atom is -0.462 e. The van der Waals surface area contributed by atoms with E-state index in [0.29, 0.717) is 0 Å². The molecule has 0 aliphatic heterocycles. The Morgan fingerprint density at radius 1 is 0.929 bits per heavy atom. The topological polar surface area (TPSA) is 50.1 Å². The minimum absolute atomic E-state index is 0.0186. The molecule has 0 aromatic heterocycles. The van der Waals surface area contributed by atoms with E-state index in [9.17, 15) is 10.1 Å². The number of nitriles is 1. The van der Waals surface area contributed by atoms with Crippen molar-refractivity contribution in [3.05, 3.63) is 0 Å². The first-order chi connectivity index (χ1) is 13.6. The Hall–Kier alpha value is -1.04. The first-order valence-electron chi connectivity index (χ1n) is 12.2. The lowest BCUT2D eigenvalue weighted by Crippen LogP contribution is -2.33. The molecule has 0 aromatic rings. The van der Waals surface area contributed by atoms with E-state index in [1.807, 2.05) is 0 Å². The van der Waals surface area contributed by atoms with Crippen LogP contribution in [0, 0.1) is 28.6 Å². The summed E-state index contributed by atoms with van der Waals surface area (Å²) in [6, 6.07) is 2.57. The lowest BCUT2D eigenvalue weighted by molar-refractivity contribution is -0.157. The van der Waals surface area contributed by atoms with E-state index < -0.39 is 0 Å². The van der Waals surface area contributed by atoms with Crippen LogP contribution in [0.4, 0.5) is 0 Å². The third-order valence-corrected chi connectivity index (χ3v) is 7.31. The van der Waals surface area contributed by atoms with Gasteiger partial charge < -0.3 is 4.74 Å². The van der Waals surface area contributed by atoms with Crippen LogP contribution in [-0.4, -0.2) is 12.1 Å². The van der Waals surface area contributed by atoms with Crippen LogP contribution < -0.4 is 0 Å². The molecule has 2 aliphatic rings. The summed E-state index contributed by atoms with van der Waals surface area (Å²) in [6.45, 7) is 4.44. The molecule has 2 fully saturated rings. The molecule has 0 radical (unpaired) electrons. The van der Waals surface area contributed by atoms with Crippen LogP contribution in [0.1, 0.15) is 123 Å². The molecule has 0 bridgehead atoms. The van der Waals surface area contributed by atoms with Gasteiger partial charge in [-0.1, -0.05) is 65.2 Å². The molecule has 0 N–H and O–H groups in total. The highest BCUT2D eigenvalue weighted by Crippen LogP contribution is 2.43. The van der Waals surface area contributed by atoms with Crippen LogP contribution in [0.3, 0.4) is 0 Å². The highest BCUT2D eigenvalue weighted by Gasteiger charge is 2.38. The van der Waals surface area contributed by atoms with Gasteiger partial charge >= 0.3 is 5.97 Å². The zero-order chi connectivity index (χ0) is 20.2. The number of ether oxygens (including phenoxy) is 1. The van der Waals surface area contributed by atoms with Crippen molar-refractivity contribution in [3.8, 4) is 6.07 Å². The van der Waals surface area contributed by atoms with E-state index in [4.69, 9.17) is 4.74 Å². The van der Waals surface area contributed by atoms with Gasteiger partial charge in [-0.2, -0.15) is 5.26 Å². The van der Waals surface area contributed by atoms with E-state index in [0.717, 1.165) is 63.7 Å². The predicted octanol–water partition coefficient (Wildman–Crippen LogP) is 7.34.